The van der Waals surface area contributed by atoms with Crippen molar-refractivity contribution in [1.82, 2.24) is 10.3 Å². The largest absolute Gasteiger partial charge is 0.304 e. The normalized spacial score (nSPS) is 18.0. The van der Waals surface area contributed by atoms with Gasteiger partial charge in [0, 0.05) is 28.7 Å². The molecule has 0 bridgehead atoms. The number of thiazole rings is 1. The van der Waals surface area contributed by atoms with Crippen LogP contribution in [0.2, 0.25) is 5.02 Å². The fourth-order valence-electron chi connectivity index (χ4n) is 2.49. The molecule has 1 aliphatic rings. The quantitative estimate of drug-likeness (QED) is 0.922. The molecular formula is C14H15ClN2S. The summed E-state index contributed by atoms with van der Waals surface area (Å²) >= 11 is 7.74. The van der Waals surface area contributed by atoms with E-state index in [1.807, 2.05) is 13.0 Å². The summed E-state index contributed by atoms with van der Waals surface area (Å²) in [5, 5.41) is 7.69. The Morgan fingerprint density at radius 3 is 3.17 bits per heavy atom. The topological polar surface area (TPSA) is 24.9 Å². The Morgan fingerprint density at radius 1 is 1.50 bits per heavy atom. The number of aryl methyl sites for hydroxylation is 2. The molecule has 1 aromatic heterocycles. The monoisotopic (exact) mass is 278 g/mol. The van der Waals surface area contributed by atoms with Gasteiger partial charge >= 0.3 is 0 Å². The van der Waals surface area contributed by atoms with E-state index in [0.717, 1.165) is 35.1 Å². The third kappa shape index (κ3) is 2.44. The summed E-state index contributed by atoms with van der Waals surface area (Å²) in [6.45, 7) is 2.89. The van der Waals surface area contributed by atoms with Gasteiger partial charge in [0.05, 0.1) is 0 Å². The van der Waals surface area contributed by atoms with Crippen LogP contribution in [0, 0.1) is 6.92 Å². The molecular weight excluding hydrogens is 264 g/mol. The van der Waals surface area contributed by atoms with E-state index >= 15 is 0 Å². The number of hydrogen-bond acceptors (Lipinski definition) is 3. The third-order valence-corrected chi connectivity index (χ3v) is 4.55. The van der Waals surface area contributed by atoms with Gasteiger partial charge in [-0.2, -0.15) is 0 Å². The van der Waals surface area contributed by atoms with Crippen molar-refractivity contribution in [2.75, 3.05) is 0 Å². The van der Waals surface area contributed by atoms with Crippen LogP contribution >= 0.6 is 22.9 Å². The smallest absolute Gasteiger partial charge is 0.107 e. The van der Waals surface area contributed by atoms with Crippen molar-refractivity contribution in [2.24, 2.45) is 0 Å². The molecule has 1 heterocycles. The fourth-order valence-corrected chi connectivity index (χ4v) is 3.41. The highest BCUT2D eigenvalue weighted by atomic mass is 35.5. The molecule has 1 atom stereocenters. The molecule has 0 fully saturated rings. The highest BCUT2D eigenvalue weighted by molar-refractivity contribution is 7.09. The van der Waals surface area contributed by atoms with Gasteiger partial charge < -0.3 is 5.32 Å². The maximum absolute atomic E-state index is 6.02. The maximum atomic E-state index is 6.02. The van der Waals surface area contributed by atoms with E-state index in [1.54, 1.807) is 11.3 Å². The van der Waals surface area contributed by atoms with Crippen LogP contribution in [0.3, 0.4) is 0 Å². The van der Waals surface area contributed by atoms with Crippen LogP contribution < -0.4 is 5.32 Å². The lowest BCUT2D eigenvalue weighted by Crippen LogP contribution is -2.18. The zero-order valence-electron chi connectivity index (χ0n) is 10.2. The van der Waals surface area contributed by atoms with E-state index in [-0.39, 0.29) is 0 Å². The van der Waals surface area contributed by atoms with E-state index in [2.05, 4.69) is 27.8 Å². The van der Waals surface area contributed by atoms with Crippen LogP contribution in [-0.2, 0) is 13.0 Å². The average Bonchev–Trinajstić information content (AvgIpc) is 2.92. The Bertz CT molecular complexity index is 565. The van der Waals surface area contributed by atoms with E-state index in [4.69, 9.17) is 11.6 Å². The van der Waals surface area contributed by atoms with Gasteiger partial charge in [0.1, 0.15) is 5.01 Å². The van der Waals surface area contributed by atoms with E-state index in [0.29, 0.717) is 6.04 Å². The van der Waals surface area contributed by atoms with Gasteiger partial charge in [-0.3, -0.25) is 0 Å². The molecule has 1 N–H and O–H groups in total. The second-order valence-corrected chi connectivity index (χ2v) is 6.08. The SMILES string of the molecule is Cc1csc(CNC2CCc3cc(Cl)ccc32)n1. The predicted molar refractivity (Wildman–Crippen MR) is 76.2 cm³/mol. The van der Waals surface area contributed by atoms with Crippen molar-refractivity contribution < 1.29 is 0 Å². The van der Waals surface area contributed by atoms with Crippen molar-refractivity contribution in [3.05, 3.63) is 50.4 Å². The molecule has 0 spiro atoms. The number of fused-ring (bicyclic) bond motifs is 1. The van der Waals surface area contributed by atoms with Crippen LogP contribution in [0.25, 0.3) is 0 Å². The molecule has 1 aliphatic carbocycles. The van der Waals surface area contributed by atoms with Crippen LogP contribution in [0.5, 0.6) is 0 Å². The van der Waals surface area contributed by atoms with Gasteiger partial charge in [-0.05, 0) is 43.0 Å². The summed E-state index contributed by atoms with van der Waals surface area (Å²) in [6, 6.07) is 6.66. The Balaban J connectivity index is 1.69. The van der Waals surface area contributed by atoms with E-state index in [1.165, 1.54) is 11.1 Å². The molecule has 3 rings (SSSR count). The lowest BCUT2D eigenvalue weighted by atomic mass is 10.1. The summed E-state index contributed by atoms with van der Waals surface area (Å²) in [4.78, 5) is 4.48. The van der Waals surface area contributed by atoms with Gasteiger partial charge in [-0.1, -0.05) is 17.7 Å². The average molecular weight is 279 g/mol. The second kappa shape index (κ2) is 5.00. The first-order valence-electron chi connectivity index (χ1n) is 6.15. The first-order chi connectivity index (χ1) is 8.72. The van der Waals surface area contributed by atoms with Gasteiger partial charge in [0.25, 0.3) is 0 Å². The number of nitrogens with one attached hydrogen (secondary N) is 1. The number of benzene rings is 1. The van der Waals surface area contributed by atoms with Gasteiger partial charge in [0.15, 0.2) is 0 Å². The molecule has 0 saturated heterocycles. The Labute approximate surface area is 116 Å². The molecule has 1 aromatic carbocycles. The molecule has 0 amide bonds. The first kappa shape index (κ1) is 12.2. The van der Waals surface area contributed by atoms with Gasteiger partial charge in [0.2, 0.25) is 0 Å². The molecule has 0 saturated carbocycles. The number of hydrogen-bond donors (Lipinski definition) is 1. The molecule has 1 unspecified atom stereocenters. The highest BCUT2D eigenvalue weighted by Crippen LogP contribution is 2.33. The minimum absolute atomic E-state index is 0.446. The zero-order valence-corrected chi connectivity index (χ0v) is 11.8. The Hall–Kier alpha value is -0.900. The summed E-state index contributed by atoms with van der Waals surface area (Å²) in [7, 11) is 0. The number of nitrogens with zero attached hydrogens (tertiary/aromatic N) is 1. The van der Waals surface area contributed by atoms with E-state index < -0.39 is 0 Å². The molecule has 0 aliphatic heterocycles. The zero-order chi connectivity index (χ0) is 12.5. The number of halogens is 1. The standard InChI is InChI=1S/C14H15ClN2S/c1-9-8-18-14(17-9)7-16-13-5-2-10-6-11(15)3-4-12(10)13/h3-4,6,8,13,16H,2,5,7H2,1H3. The van der Waals surface area contributed by atoms with Gasteiger partial charge in [-0.25, -0.2) is 4.98 Å². The highest BCUT2D eigenvalue weighted by Gasteiger charge is 2.22. The van der Waals surface area contributed by atoms with Crippen molar-refractivity contribution in [2.45, 2.75) is 32.4 Å². The number of aromatic nitrogens is 1. The minimum atomic E-state index is 0.446. The molecule has 18 heavy (non-hydrogen) atoms. The third-order valence-electron chi connectivity index (χ3n) is 3.35. The second-order valence-electron chi connectivity index (χ2n) is 4.70. The summed E-state index contributed by atoms with van der Waals surface area (Å²) in [5.41, 5.74) is 3.89. The molecule has 2 aromatic rings. The lowest BCUT2D eigenvalue weighted by molar-refractivity contribution is 0.529. The predicted octanol–water partition coefficient (Wildman–Crippen LogP) is 3.88. The lowest BCUT2D eigenvalue weighted by Gasteiger charge is -2.12. The fraction of sp³-hybridized carbons (Fsp3) is 0.357. The molecule has 0 radical (unpaired) electrons. The Morgan fingerprint density at radius 2 is 2.39 bits per heavy atom. The van der Waals surface area contributed by atoms with E-state index in [9.17, 15) is 0 Å². The van der Waals surface area contributed by atoms with Crippen molar-refractivity contribution in [3.8, 4) is 0 Å². The minimum Gasteiger partial charge on any atom is -0.304 e. The summed E-state index contributed by atoms with van der Waals surface area (Å²) in [5.74, 6) is 0. The Kier molecular flexibility index (Phi) is 3.37. The maximum Gasteiger partial charge on any atom is 0.107 e. The number of rotatable bonds is 3. The van der Waals surface area contributed by atoms with Crippen LogP contribution in [0.15, 0.2) is 23.6 Å². The first-order valence-corrected chi connectivity index (χ1v) is 7.41. The van der Waals surface area contributed by atoms with Crippen LogP contribution in [0.4, 0.5) is 0 Å². The molecule has 94 valence electrons. The van der Waals surface area contributed by atoms with Crippen molar-refractivity contribution in [1.29, 1.82) is 0 Å². The molecule has 2 nitrogen and oxygen atoms in total. The van der Waals surface area contributed by atoms with Crippen molar-refractivity contribution in [3.63, 3.8) is 0 Å². The summed E-state index contributed by atoms with van der Waals surface area (Å²) in [6.07, 6.45) is 2.27. The molecule has 4 heteroatoms. The van der Waals surface area contributed by atoms with Crippen molar-refractivity contribution >= 4 is 22.9 Å². The van der Waals surface area contributed by atoms with Crippen LogP contribution in [0.1, 0.15) is 34.3 Å². The van der Waals surface area contributed by atoms with Gasteiger partial charge in [-0.15, -0.1) is 11.3 Å². The summed E-state index contributed by atoms with van der Waals surface area (Å²) < 4.78 is 0. The van der Waals surface area contributed by atoms with Crippen LogP contribution in [-0.4, -0.2) is 4.98 Å².